The van der Waals surface area contributed by atoms with Crippen LogP contribution in [0.15, 0.2) is 0 Å². The third kappa shape index (κ3) is 1.69. The molecule has 1 aliphatic heterocycles. The summed E-state index contributed by atoms with van der Waals surface area (Å²) in [4.78, 5) is 12.8. The normalized spacial score (nSPS) is 29.2. The zero-order valence-electron chi connectivity index (χ0n) is 7.54. The maximum Gasteiger partial charge on any atom is 0.410 e. The molecular weight excluding hydrogens is 158 g/mol. The summed E-state index contributed by atoms with van der Waals surface area (Å²) in [7, 11) is 0. The van der Waals surface area contributed by atoms with Gasteiger partial charge in [0.25, 0.3) is 0 Å². The Hall–Kier alpha value is -0.770. The molecule has 1 atom stereocenters. The molecule has 0 radical (unpaired) electrons. The van der Waals surface area contributed by atoms with E-state index in [1.54, 1.807) is 11.8 Å². The predicted octanol–water partition coefficient (Wildman–Crippen LogP) is 0.600. The Morgan fingerprint density at radius 3 is 2.83 bits per heavy atom. The predicted molar refractivity (Wildman–Crippen MR) is 43.8 cm³/mol. The fourth-order valence-corrected chi connectivity index (χ4v) is 1.30. The molecule has 0 aromatic rings. The van der Waals surface area contributed by atoms with Crippen LogP contribution in [0, 0.1) is 0 Å². The molecule has 1 N–H and O–H groups in total. The Labute approximate surface area is 72.1 Å². The Balaban J connectivity index is 2.55. The summed E-state index contributed by atoms with van der Waals surface area (Å²) >= 11 is 0. The third-order valence-electron chi connectivity index (χ3n) is 1.95. The van der Waals surface area contributed by atoms with Gasteiger partial charge in [0.15, 0.2) is 5.60 Å². The van der Waals surface area contributed by atoms with Gasteiger partial charge in [0.2, 0.25) is 0 Å². The summed E-state index contributed by atoms with van der Waals surface area (Å²) in [5, 5.41) is 8.93. The maximum absolute atomic E-state index is 11.1. The van der Waals surface area contributed by atoms with Crippen molar-refractivity contribution in [3.8, 4) is 0 Å². The van der Waals surface area contributed by atoms with E-state index in [1.807, 2.05) is 6.92 Å². The van der Waals surface area contributed by atoms with Gasteiger partial charge in [0, 0.05) is 6.54 Å². The molecule has 1 heterocycles. The van der Waals surface area contributed by atoms with Crippen molar-refractivity contribution < 1.29 is 14.6 Å². The van der Waals surface area contributed by atoms with Gasteiger partial charge in [-0.05, 0) is 13.3 Å². The number of nitrogens with zero attached hydrogens (tertiary/aromatic N) is 1. The number of carbonyl (C=O) groups excluding carboxylic acids is 1. The van der Waals surface area contributed by atoms with Gasteiger partial charge in [-0.2, -0.15) is 0 Å². The second-order valence-corrected chi connectivity index (χ2v) is 3.40. The number of rotatable bonds is 3. The van der Waals surface area contributed by atoms with Gasteiger partial charge in [-0.3, -0.25) is 0 Å². The summed E-state index contributed by atoms with van der Waals surface area (Å²) < 4.78 is 5.00. The van der Waals surface area contributed by atoms with E-state index in [9.17, 15) is 4.79 Å². The zero-order chi connectivity index (χ0) is 9.19. The topological polar surface area (TPSA) is 49.8 Å². The third-order valence-corrected chi connectivity index (χ3v) is 1.95. The lowest BCUT2D eigenvalue weighted by Crippen LogP contribution is -2.35. The SMILES string of the molecule is CCCN1CC(C)(CO)OC1=O. The monoisotopic (exact) mass is 173 g/mol. The molecule has 1 unspecified atom stereocenters. The molecule has 0 aromatic heterocycles. The molecule has 0 aliphatic carbocycles. The highest BCUT2D eigenvalue weighted by molar-refractivity contribution is 5.70. The first kappa shape index (κ1) is 9.32. The number of ether oxygens (including phenoxy) is 1. The molecule has 4 nitrogen and oxygen atoms in total. The van der Waals surface area contributed by atoms with Crippen molar-refractivity contribution in [3.63, 3.8) is 0 Å². The summed E-state index contributed by atoms with van der Waals surface area (Å²) in [5.74, 6) is 0. The van der Waals surface area contributed by atoms with E-state index in [0.29, 0.717) is 13.1 Å². The lowest BCUT2D eigenvalue weighted by atomic mass is 10.1. The fourth-order valence-electron chi connectivity index (χ4n) is 1.30. The van der Waals surface area contributed by atoms with Crippen LogP contribution in [0.25, 0.3) is 0 Å². The molecule has 0 aromatic carbocycles. The van der Waals surface area contributed by atoms with Crippen LogP contribution in [0.3, 0.4) is 0 Å². The van der Waals surface area contributed by atoms with Crippen LogP contribution in [0.5, 0.6) is 0 Å². The first-order chi connectivity index (χ1) is 5.61. The van der Waals surface area contributed by atoms with E-state index in [4.69, 9.17) is 9.84 Å². The minimum Gasteiger partial charge on any atom is -0.439 e. The van der Waals surface area contributed by atoms with Crippen LogP contribution in [0.4, 0.5) is 4.79 Å². The standard InChI is InChI=1S/C8H15NO3/c1-3-4-9-5-8(2,6-10)12-7(9)11/h10H,3-6H2,1-2H3. The van der Waals surface area contributed by atoms with Gasteiger partial charge in [-0.25, -0.2) is 4.79 Å². The van der Waals surface area contributed by atoms with Crippen molar-refractivity contribution in [2.75, 3.05) is 19.7 Å². The van der Waals surface area contributed by atoms with E-state index in [-0.39, 0.29) is 12.7 Å². The molecule has 0 saturated carbocycles. The first-order valence-corrected chi connectivity index (χ1v) is 4.20. The Bertz CT molecular complexity index is 183. The van der Waals surface area contributed by atoms with Gasteiger partial charge < -0.3 is 14.7 Å². The first-order valence-electron chi connectivity index (χ1n) is 4.20. The van der Waals surface area contributed by atoms with Crippen LogP contribution in [0.2, 0.25) is 0 Å². The summed E-state index contributed by atoms with van der Waals surface area (Å²) in [6, 6.07) is 0. The number of aliphatic hydroxyl groups is 1. The number of hydrogen-bond acceptors (Lipinski definition) is 3. The second-order valence-electron chi connectivity index (χ2n) is 3.40. The molecule has 1 saturated heterocycles. The highest BCUT2D eigenvalue weighted by Gasteiger charge is 2.40. The fraction of sp³-hybridized carbons (Fsp3) is 0.875. The Kier molecular flexibility index (Phi) is 2.57. The maximum atomic E-state index is 11.1. The summed E-state index contributed by atoms with van der Waals surface area (Å²) in [5.41, 5.74) is -0.688. The minimum absolute atomic E-state index is 0.112. The molecule has 12 heavy (non-hydrogen) atoms. The highest BCUT2D eigenvalue weighted by Crippen LogP contribution is 2.21. The van der Waals surface area contributed by atoms with Crippen LogP contribution >= 0.6 is 0 Å². The van der Waals surface area contributed by atoms with Crippen molar-refractivity contribution in [1.29, 1.82) is 0 Å². The van der Waals surface area contributed by atoms with Gasteiger partial charge in [-0.15, -0.1) is 0 Å². The van der Waals surface area contributed by atoms with Crippen molar-refractivity contribution in [1.82, 2.24) is 4.90 Å². The summed E-state index contributed by atoms with van der Waals surface area (Å²) in [6.07, 6.45) is 0.602. The van der Waals surface area contributed by atoms with Gasteiger partial charge in [-0.1, -0.05) is 6.92 Å². The smallest absolute Gasteiger partial charge is 0.410 e. The van der Waals surface area contributed by atoms with Crippen molar-refractivity contribution >= 4 is 6.09 Å². The van der Waals surface area contributed by atoms with E-state index in [2.05, 4.69) is 0 Å². The van der Waals surface area contributed by atoms with E-state index in [0.717, 1.165) is 6.42 Å². The second kappa shape index (κ2) is 3.31. The molecule has 0 bridgehead atoms. The molecule has 1 amide bonds. The molecule has 1 fully saturated rings. The van der Waals surface area contributed by atoms with Crippen LogP contribution in [0.1, 0.15) is 20.3 Å². The molecular formula is C8H15NO3. The van der Waals surface area contributed by atoms with Gasteiger partial charge >= 0.3 is 6.09 Å². The molecule has 4 heteroatoms. The van der Waals surface area contributed by atoms with Crippen LogP contribution in [-0.4, -0.2) is 41.4 Å². The quantitative estimate of drug-likeness (QED) is 0.680. The number of aliphatic hydroxyl groups excluding tert-OH is 1. The molecule has 70 valence electrons. The molecule has 1 aliphatic rings. The van der Waals surface area contributed by atoms with Crippen molar-refractivity contribution in [3.05, 3.63) is 0 Å². The molecule has 0 spiro atoms. The average molecular weight is 173 g/mol. The lowest BCUT2D eigenvalue weighted by Gasteiger charge is -2.17. The zero-order valence-corrected chi connectivity index (χ0v) is 7.54. The lowest BCUT2D eigenvalue weighted by molar-refractivity contribution is 0.0219. The average Bonchev–Trinajstić information content (AvgIpc) is 2.30. The van der Waals surface area contributed by atoms with E-state index >= 15 is 0 Å². The number of hydrogen-bond donors (Lipinski definition) is 1. The van der Waals surface area contributed by atoms with E-state index < -0.39 is 5.60 Å². The van der Waals surface area contributed by atoms with Gasteiger partial charge in [0.05, 0.1) is 13.2 Å². The highest BCUT2D eigenvalue weighted by atomic mass is 16.6. The minimum atomic E-state index is -0.688. The number of amides is 1. The van der Waals surface area contributed by atoms with Gasteiger partial charge in [0.1, 0.15) is 0 Å². The van der Waals surface area contributed by atoms with Crippen molar-refractivity contribution in [2.24, 2.45) is 0 Å². The molecule has 1 rings (SSSR count). The number of carbonyl (C=O) groups is 1. The largest absolute Gasteiger partial charge is 0.439 e. The van der Waals surface area contributed by atoms with Crippen LogP contribution in [-0.2, 0) is 4.74 Å². The Morgan fingerprint density at radius 1 is 1.75 bits per heavy atom. The van der Waals surface area contributed by atoms with Crippen LogP contribution < -0.4 is 0 Å². The summed E-state index contributed by atoms with van der Waals surface area (Å²) in [6.45, 7) is 4.83. The van der Waals surface area contributed by atoms with Crippen molar-refractivity contribution in [2.45, 2.75) is 25.9 Å². The van der Waals surface area contributed by atoms with E-state index in [1.165, 1.54) is 0 Å². The Morgan fingerprint density at radius 2 is 2.42 bits per heavy atom. The number of cyclic esters (lactones) is 1.